The minimum Gasteiger partial charge on any atom is -0.264 e. The number of hydrogen-bond acceptors (Lipinski definition) is 5. The van der Waals surface area contributed by atoms with Crippen molar-refractivity contribution in [3.05, 3.63) is 237 Å². The van der Waals surface area contributed by atoms with Crippen LogP contribution in [-0.4, -0.2) is 24.9 Å². The number of hydrogen-bond donors (Lipinski definition) is 0. The number of benzene rings is 8. The Balaban J connectivity index is 1.02. The summed E-state index contributed by atoms with van der Waals surface area (Å²) in [5, 5.41) is 2.37. The highest BCUT2D eigenvalue weighted by Crippen LogP contribution is 2.39. The van der Waals surface area contributed by atoms with Crippen molar-refractivity contribution in [1.82, 2.24) is 24.9 Å². The van der Waals surface area contributed by atoms with Gasteiger partial charge in [-0.25, -0.2) is 19.9 Å². The van der Waals surface area contributed by atoms with E-state index in [0.717, 1.165) is 89.5 Å². The number of rotatable bonds is 9. The Morgan fingerprint density at radius 1 is 0.234 bits per heavy atom. The Bertz CT molecular complexity index is 3350. The highest BCUT2D eigenvalue weighted by Gasteiger charge is 2.17. The molecule has 3 heterocycles. The smallest absolute Gasteiger partial charge is 0.160 e. The fourth-order valence-electron chi connectivity index (χ4n) is 8.31. The van der Waals surface area contributed by atoms with Crippen LogP contribution in [0, 0.1) is 0 Å². The number of nitrogens with zero attached hydrogens (tertiary/aromatic N) is 5. The van der Waals surface area contributed by atoms with Crippen molar-refractivity contribution in [2.24, 2.45) is 0 Å². The molecule has 64 heavy (non-hydrogen) atoms. The maximum Gasteiger partial charge on any atom is 0.160 e. The minimum absolute atomic E-state index is 0.671. The molecule has 0 bridgehead atoms. The SMILES string of the molecule is c1ccc(-c2cc(-c3ccc4ccccc4c3)nc(-c3ccc(-c4cc(-c5cccnc5)cc(-c5ccccc5-c5cc(-c6ccccc6)nc(-c6ccccc6)n5)c4)cc3)n2)cc1. The van der Waals surface area contributed by atoms with Crippen molar-refractivity contribution < 1.29 is 0 Å². The average Bonchev–Trinajstić information content (AvgIpc) is 3.39. The molecule has 0 spiro atoms. The summed E-state index contributed by atoms with van der Waals surface area (Å²) in [6.07, 6.45) is 3.73. The molecule has 0 saturated carbocycles. The van der Waals surface area contributed by atoms with Crippen LogP contribution >= 0.6 is 0 Å². The van der Waals surface area contributed by atoms with Gasteiger partial charge in [-0.05, 0) is 81.1 Å². The van der Waals surface area contributed by atoms with Crippen LogP contribution in [0.5, 0.6) is 0 Å². The zero-order valence-electron chi connectivity index (χ0n) is 34.8. The van der Waals surface area contributed by atoms with Crippen LogP contribution in [0.1, 0.15) is 0 Å². The lowest BCUT2D eigenvalue weighted by molar-refractivity contribution is 1.18. The van der Waals surface area contributed by atoms with E-state index in [9.17, 15) is 0 Å². The molecule has 0 N–H and O–H groups in total. The summed E-state index contributed by atoms with van der Waals surface area (Å²) >= 11 is 0. The normalized spacial score (nSPS) is 11.1. The van der Waals surface area contributed by atoms with Gasteiger partial charge in [-0.15, -0.1) is 0 Å². The van der Waals surface area contributed by atoms with Gasteiger partial charge in [-0.3, -0.25) is 4.98 Å². The zero-order valence-corrected chi connectivity index (χ0v) is 34.8. The van der Waals surface area contributed by atoms with Gasteiger partial charge < -0.3 is 0 Å². The van der Waals surface area contributed by atoms with Crippen LogP contribution in [0.3, 0.4) is 0 Å². The van der Waals surface area contributed by atoms with Crippen LogP contribution in [0.25, 0.3) is 112 Å². The fraction of sp³-hybridized carbons (Fsp3) is 0. The van der Waals surface area contributed by atoms with E-state index >= 15 is 0 Å². The fourth-order valence-corrected chi connectivity index (χ4v) is 8.31. The lowest BCUT2D eigenvalue weighted by atomic mass is 9.90. The number of pyridine rings is 1. The molecule has 0 atom stereocenters. The Kier molecular flexibility index (Phi) is 10.2. The molecule has 0 saturated heterocycles. The first kappa shape index (κ1) is 38.3. The predicted molar refractivity (Wildman–Crippen MR) is 262 cm³/mol. The molecule has 11 aromatic rings. The second-order valence-electron chi connectivity index (χ2n) is 15.7. The van der Waals surface area contributed by atoms with Gasteiger partial charge in [0.25, 0.3) is 0 Å². The van der Waals surface area contributed by atoms with Crippen molar-refractivity contribution >= 4 is 10.8 Å². The molecule has 0 radical (unpaired) electrons. The summed E-state index contributed by atoms with van der Waals surface area (Å²) < 4.78 is 0. The quantitative estimate of drug-likeness (QED) is 0.145. The lowest BCUT2D eigenvalue weighted by Crippen LogP contribution is -1.97. The van der Waals surface area contributed by atoms with Crippen molar-refractivity contribution in [2.75, 3.05) is 0 Å². The molecule has 0 aliphatic heterocycles. The van der Waals surface area contributed by atoms with Crippen LogP contribution in [0.15, 0.2) is 237 Å². The van der Waals surface area contributed by atoms with Crippen LogP contribution in [-0.2, 0) is 0 Å². The molecule has 5 nitrogen and oxygen atoms in total. The molecular formula is C59H39N5. The summed E-state index contributed by atoms with van der Waals surface area (Å²) in [7, 11) is 0. The van der Waals surface area contributed by atoms with Gasteiger partial charge in [0.1, 0.15) is 0 Å². The molecule has 0 aliphatic rings. The average molecular weight is 818 g/mol. The van der Waals surface area contributed by atoms with Crippen LogP contribution in [0.4, 0.5) is 0 Å². The second kappa shape index (κ2) is 17.0. The first-order valence-corrected chi connectivity index (χ1v) is 21.4. The molecule has 0 aliphatic carbocycles. The van der Waals surface area contributed by atoms with Crippen molar-refractivity contribution in [2.45, 2.75) is 0 Å². The van der Waals surface area contributed by atoms with Gasteiger partial charge >= 0.3 is 0 Å². The van der Waals surface area contributed by atoms with Crippen LogP contribution < -0.4 is 0 Å². The summed E-state index contributed by atoms with van der Waals surface area (Å²) in [4.78, 5) is 25.1. The molecule has 0 amide bonds. The van der Waals surface area contributed by atoms with Crippen molar-refractivity contribution in [3.8, 4) is 101 Å². The van der Waals surface area contributed by atoms with Gasteiger partial charge in [0.05, 0.1) is 22.8 Å². The molecule has 11 rings (SSSR count). The Hall–Kier alpha value is -8.67. The monoisotopic (exact) mass is 817 g/mol. The Labute approximate surface area is 372 Å². The first-order valence-electron chi connectivity index (χ1n) is 21.4. The van der Waals surface area contributed by atoms with E-state index < -0.39 is 0 Å². The van der Waals surface area contributed by atoms with E-state index in [-0.39, 0.29) is 0 Å². The van der Waals surface area contributed by atoms with Gasteiger partial charge in [0.2, 0.25) is 0 Å². The first-order chi connectivity index (χ1) is 31.7. The van der Waals surface area contributed by atoms with E-state index in [1.165, 1.54) is 10.8 Å². The van der Waals surface area contributed by atoms with E-state index in [4.69, 9.17) is 19.9 Å². The standard InChI is InChI=1S/C59H39N5/c1-4-16-42(17-5-1)54-37-56(47-31-28-40-15-10-11-22-46(40)33-47)63-59(61-54)45-29-26-41(27-30-45)49-34-50(48-23-14-32-60-39-48)36-51(35-49)52-24-12-13-25-53(52)57-38-55(43-18-6-2-7-19-43)62-58(64-57)44-20-8-3-9-21-44/h1-39H. The lowest BCUT2D eigenvalue weighted by Gasteiger charge is -2.15. The number of aromatic nitrogens is 5. The van der Waals surface area contributed by atoms with Crippen molar-refractivity contribution in [3.63, 3.8) is 0 Å². The van der Waals surface area contributed by atoms with Gasteiger partial charge in [-0.2, -0.15) is 0 Å². The van der Waals surface area contributed by atoms with Crippen molar-refractivity contribution in [1.29, 1.82) is 0 Å². The molecule has 3 aromatic heterocycles. The highest BCUT2D eigenvalue weighted by molar-refractivity contribution is 5.90. The van der Waals surface area contributed by atoms with Crippen LogP contribution in [0.2, 0.25) is 0 Å². The predicted octanol–water partition coefficient (Wildman–Crippen LogP) is 14.8. The molecule has 0 unspecified atom stereocenters. The molecule has 8 aromatic carbocycles. The molecule has 0 fully saturated rings. The molecule has 5 heteroatoms. The van der Waals surface area contributed by atoms with E-state index in [2.05, 4.69) is 169 Å². The van der Waals surface area contributed by atoms with Gasteiger partial charge in [-0.1, -0.05) is 182 Å². The molecular weight excluding hydrogens is 779 g/mol. The minimum atomic E-state index is 0.671. The zero-order chi connectivity index (χ0) is 42.7. The third kappa shape index (κ3) is 7.86. The third-order valence-electron chi connectivity index (χ3n) is 11.6. The van der Waals surface area contributed by atoms with Gasteiger partial charge in [0, 0.05) is 51.3 Å². The third-order valence-corrected chi connectivity index (χ3v) is 11.6. The Morgan fingerprint density at radius 2 is 0.688 bits per heavy atom. The summed E-state index contributed by atoms with van der Waals surface area (Å²) in [6, 6.07) is 77.9. The van der Waals surface area contributed by atoms with E-state index in [0.29, 0.717) is 11.6 Å². The highest BCUT2D eigenvalue weighted by atomic mass is 14.9. The van der Waals surface area contributed by atoms with E-state index in [1.54, 1.807) is 0 Å². The summed E-state index contributed by atoms with van der Waals surface area (Å²) in [5.74, 6) is 1.35. The van der Waals surface area contributed by atoms with E-state index in [1.807, 2.05) is 73.1 Å². The van der Waals surface area contributed by atoms with Gasteiger partial charge in [0.15, 0.2) is 11.6 Å². The topological polar surface area (TPSA) is 64.5 Å². The largest absolute Gasteiger partial charge is 0.264 e. The summed E-state index contributed by atoms with van der Waals surface area (Å²) in [5.41, 5.74) is 15.9. The second-order valence-corrected chi connectivity index (χ2v) is 15.7. The Morgan fingerprint density at radius 3 is 1.33 bits per heavy atom. The molecule has 300 valence electrons. The maximum absolute atomic E-state index is 5.22. The summed E-state index contributed by atoms with van der Waals surface area (Å²) in [6.45, 7) is 0. The number of fused-ring (bicyclic) bond motifs is 1. The maximum atomic E-state index is 5.22.